The summed E-state index contributed by atoms with van der Waals surface area (Å²) in [6, 6.07) is 2.05. The Hall–Kier alpha value is -1.23. The number of carbonyl (C=O) groups excluding carboxylic acids is 2. The minimum atomic E-state index is -2.01. The van der Waals surface area contributed by atoms with Crippen molar-refractivity contribution in [3.63, 3.8) is 0 Å². The molecule has 0 spiro atoms. The van der Waals surface area contributed by atoms with Crippen molar-refractivity contribution in [3.05, 3.63) is 24.3 Å². The molecule has 0 aliphatic heterocycles. The number of hydrogen-bond donors (Lipinski definition) is 0. The Labute approximate surface area is 167 Å². The highest BCUT2D eigenvalue weighted by atomic mass is 28.4. The van der Waals surface area contributed by atoms with Crippen LogP contribution in [0.15, 0.2) is 24.3 Å². The van der Waals surface area contributed by atoms with Crippen molar-refractivity contribution >= 4 is 29.3 Å². The van der Waals surface area contributed by atoms with Crippen LogP contribution in [0.2, 0.25) is 31.7 Å². The summed E-state index contributed by atoms with van der Waals surface area (Å²) in [6.45, 7) is 17.8. The maximum Gasteiger partial charge on any atom is 0.334 e. The molecule has 0 aliphatic rings. The van der Waals surface area contributed by atoms with Crippen molar-refractivity contribution in [2.45, 2.75) is 58.4 Å². The van der Waals surface area contributed by atoms with Gasteiger partial charge in [-0.15, -0.1) is 0 Å². The number of hydrogen-bond acceptors (Lipinski definition) is 6. The standard InChI is InChI=1S/C10H20O4Si.C9H18O2Si/c1-9(2)10(11)14-7-6-8-15(5,12-3)13-4;1-8(2)9(10)11-6-5-7-12(3)4/h1,6-8H2,2-5H3;12H,1,5-7H2,2-4H3. The maximum atomic E-state index is 11.0. The van der Waals surface area contributed by atoms with Gasteiger partial charge in [0.2, 0.25) is 0 Å². The van der Waals surface area contributed by atoms with Gasteiger partial charge in [-0.2, -0.15) is 0 Å². The molecular weight excluding hydrogens is 380 g/mol. The zero-order valence-corrected chi connectivity index (χ0v) is 20.3. The molecule has 0 heterocycles. The highest BCUT2D eigenvalue weighted by Crippen LogP contribution is 2.13. The van der Waals surface area contributed by atoms with Crippen LogP contribution in [0.25, 0.3) is 0 Å². The fraction of sp³-hybridized carbons (Fsp3) is 0.684. The van der Waals surface area contributed by atoms with Gasteiger partial charge in [0.25, 0.3) is 0 Å². The van der Waals surface area contributed by atoms with E-state index in [-0.39, 0.29) is 11.9 Å². The van der Waals surface area contributed by atoms with Gasteiger partial charge in [-0.25, -0.2) is 9.59 Å². The van der Waals surface area contributed by atoms with E-state index in [1.54, 1.807) is 28.1 Å². The zero-order valence-electron chi connectivity index (χ0n) is 18.2. The average molecular weight is 419 g/mol. The molecule has 0 saturated carbocycles. The van der Waals surface area contributed by atoms with Gasteiger partial charge < -0.3 is 18.3 Å². The Bertz CT molecular complexity index is 473. The molecule has 0 atom stereocenters. The van der Waals surface area contributed by atoms with Crippen LogP contribution in [-0.2, 0) is 27.9 Å². The van der Waals surface area contributed by atoms with Crippen LogP contribution in [0, 0.1) is 0 Å². The van der Waals surface area contributed by atoms with E-state index in [1.165, 1.54) is 6.04 Å². The van der Waals surface area contributed by atoms with Gasteiger partial charge in [0.1, 0.15) is 0 Å². The molecule has 0 radical (unpaired) electrons. The summed E-state index contributed by atoms with van der Waals surface area (Å²) in [5.74, 6) is -0.603. The Morgan fingerprint density at radius 1 is 0.889 bits per heavy atom. The van der Waals surface area contributed by atoms with Gasteiger partial charge in [-0.1, -0.05) is 32.3 Å². The van der Waals surface area contributed by atoms with Gasteiger partial charge in [-0.3, -0.25) is 0 Å². The average Bonchev–Trinajstić information content (AvgIpc) is 2.61. The van der Waals surface area contributed by atoms with Gasteiger partial charge in [0.15, 0.2) is 0 Å². The van der Waals surface area contributed by atoms with E-state index in [0.717, 1.165) is 18.9 Å². The van der Waals surface area contributed by atoms with Crippen molar-refractivity contribution in [2.75, 3.05) is 27.4 Å². The van der Waals surface area contributed by atoms with Gasteiger partial charge in [-0.05, 0) is 39.3 Å². The number of ether oxygens (including phenoxy) is 2. The van der Waals surface area contributed by atoms with Crippen molar-refractivity contribution in [3.8, 4) is 0 Å². The van der Waals surface area contributed by atoms with E-state index in [9.17, 15) is 9.59 Å². The van der Waals surface area contributed by atoms with Gasteiger partial charge in [0.05, 0.1) is 13.2 Å². The van der Waals surface area contributed by atoms with Gasteiger partial charge in [0, 0.05) is 34.2 Å². The van der Waals surface area contributed by atoms with Crippen LogP contribution in [0.3, 0.4) is 0 Å². The van der Waals surface area contributed by atoms with E-state index >= 15 is 0 Å². The Kier molecular flexibility index (Phi) is 16.4. The SMILES string of the molecule is C=C(C)C(=O)OCCC[SiH](C)C.C=C(C)C(=O)OCCC[Si](C)(OC)OC. The van der Waals surface area contributed by atoms with Crippen molar-refractivity contribution < 1.29 is 27.9 Å². The predicted octanol–water partition coefficient (Wildman–Crippen LogP) is 3.84. The van der Waals surface area contributed by atoms with E-state index < -0.39 is 17.4 Å². The maximum absolute atomic E-state index is 11.0. The summed E-state index contributed by atoms with van der Waals surface area (Å²) in [4.78, 5) is 21.9. The second kappa shape index (κ2) is 15.8. The fourth-order valence-corrected chi connectivity index (χ4v) is 4.09. The number of rotatable bonds is 12. The van der Waals surface area contributed by atoms with E-state index in [2.05, 4.69) is 26.3 Å². The number of esters is 2. The van der Waals surface area contributed by atoms with E-state index in [0.29, 0.717) is 24.4 Å². The molecule has 8 heteroatoms. The van der Waals surface area contributed by atoms with Crippen LogP contribution in [0.1, 0.15) is 26.7 Å². The van der Waals surface area contributed by atoms with Crippen molar-refractivity contribution in [1.82, 2.24) is 0 Å². The quantitative estimate of drug-likeness (QED) is 0.207. The molecule has 0 aromatic carbocycles. The third-order valence-electron chi connectivity index (χ3n) is 3.73. The lowest BCUT2D eigenvalue weighted by Gasteiger charge is -2.22. The first-order valence-corrected chi connectivity index (χ1v) is 14.9. The summed E-state index contributed by atoms with van der Waals surface area (Å²) in [5, 5.41) is 0. The lowest BCUT2D eigenvalue weighted by atomic mass is 10.4. The van der Waals surface area contributed by atoms with Crippen LogP contribution in [-0.4, -0.2) is 56.7 Å². The molecule has 0 N–H and O–H groups in total. The molecule has 0 aromatic heterocycles. The Morgan fingerprint density at radius 3 is 1.63 bits per heavy atom. The van der Waals surface area contributed by atoms with E-state index in [1.807, 2.05) is 6.55 Å². The molecule has 0 unspecified atom stereocenters. The van der Waals surface area contributed by atoms with E-state index in [4.69, 9.17) is 18.3 Å². The normalized spacial score (nSPS) is 10.7. The minimum Gasteiger partial charge on any atom is -0.462 e. The minimum absolute atomic E-state index is 0.263. The Morgan fingerprint density at radius 2 is 1.30 bits per heavy atom. The molecule has 6 nitrogen and oxygen atoms in total. The van der Waals surface area contributed by atoms with Crippen LogP contribution in [0.5, 0.6) is 0 Å². The Balaban J connectivity index is 0. The zero-order chi connectivity index (χ0) is 21.5. The molecule has 0 bridgehead atoms. The highest BCUT2D eigenvalue weighted by molar-refractivity contribution is 6.65. The largest absolute Gasteiger partial charge is 0.462 e. The summed E-state index contributed by atoms with van der Waals surface area (Å²) in [6.07, 6.45) is 1.76. The van der Waals surface area contributed by atoms with Crippen LogP contribution in [0.4, 0.5) is 0 Å². The first-order valence-electron chi connectivity index (χ1n) is 9.24. The molecule has 158 valence electrons. The fourth-order valence-electron chi connectivity index (χ4n) is 1.75. The summed E-state index contributed by atoms with van der Waals surface area (Å²) < 4.78 is 20.5. The van der Waals surface area contributed by atoms with Crippen molar-refractivity contribution in [2.24, 2.45) is 0 Å². The molecule has 0 aliphatic carbocycles. The topological polar surface area (TPSA) is 71.1 Å². The summed E-state index contributed by atoms with van der Waals surface area (Å²) in [7, 11) is 0.815. The molecule has 0 amide bonds. The first kappa shape index (κ1) is 28.0. The molecule has 0 rings (SSSR count). The second-order valence-electron chi connectivity index (χ2n) is 7.01. The molecule has 0 fully saturated rings. The molecular formula is C19H38O6Si2. The predicted molar refractivity (Wildman–Crippen MR) is 115 cm³/mol. The van der Waals surface area contributed by atoms with Crippen LogP contribution >= 0.6 is 0 Å². The smallest absolute Gasteiger partial charge is 0.334 e. The lowest BCUT2D eigenvalue weighted by Crippen LogP contribution is -2.36. The molecule has 27 heavy (non-hydrogen) atoms. The first-order chi connectivity index (χ1) is 12.5. The lowest BCUT2D eigenvalue weighted by molar-refractivity contribution is -0.139. The number of carbonyl (C=O) groups is 2. The monoisotopic (exact) mass is 418 g/mol. The third kappa shape index (κ3) is 16.7. The second-order valence-corrected chi connectivity index (χ2v) is 14.0. The summed E-state index contributed by atoms with van der Waals surface area (Å²) >= 11 is 0. The van der Waals surface area contributed by atoms with Crippen molar-refractivity contribution in [1.29, 1.82) is 0 Å². The van der Waals surface area contributed by atoms with Gasteiger partial charge >= 0.3 is 20.5 Å². The molecule has 0 saturated heterocycles. The summed E-state index contributed by atoms with van der Waals surface area (Å²) in [5.41, 5.74) is 0.908. The van der Waals surface area contributed by atoms with Crippen LogP contribution < -0.4 is 0 Å². The third-order valence-corrected chi connectivity index (χ3v) is 8.28. The molecule has 0 aromatic rings. The highest BCUT2D eigenvalue weighted by Gasteiger charge is 2.27.